The lowest BCUT2D eigenvalue weighted by atomic mass is 9.99. The van der Waals surface area contributed by atoms with E-state index in [9.17, 15) is 19.6 Å². The minimum atomic E-state index is -0.499. The second-order valence-corrected chi connectivity index (χ2v) is 4.77. The number of aliphatic hydroxyl groups is 1. The number of hydrogen-bond donors (Lipinski definition) is 2. The van der Waals surface area contributed by atoms with Crippen LogP contribution in [0.15, 0.2) is 18.2 Å². The number of nitro groups is 1. The third-order valence-corrected chi connectivity index (χ3v) is 3.54. The normalized spacial score (nSPS) is 17.9. The minimum absolute atomic E-state index is 0.0941. The molecule has 2 rings (SSSR count). The Morgan fingerprint density at radius 1 is 1.45 bits per heavy atom. The lowest BCUT2D eigenvalue weighted by Crippen LogP contribution is -2.45. The van der Waals surface area contributed by atoms with Gasteiger partial charge in [-0.1, -0.05) is 0 Å². The molecule has 0 bridgehead atoms. The Kier molecular flexibility index (Phi) is 4.99. The highest BCUT2D eigenvalue weighted by atomic mass is 19.1. The molecule has 6 nitrogen and oxygen atoms in total. The van der Waals surface area contributed by atoms with E-state index in [1.807, 2.05) is 0 Å². The molecule has 0 unspecified atom stereocenters. The maximum atomic E-state index is 13.5. The van der Waals surface area contributed by atoms with Gasteiger partial charge in [-0.3, -0.25) is 15.0 Å². The highest BCUT2D eigenvalue weighted by Gasteiger charge is 2.28. The summed E-state index contributed by atoms with van der Waals surface area (Å²) in [6.07, 6.45) is 0.351. The standard InChI is InChI=1S/C13H18FN3O3/c14-10-1-2-13(17(19)20)11(9-10)12(3-8-18)16-6-4-15-5-7-16/h1-2,9,12,15,18H,3-8H2/t12-/m1/s1. The summed E-state index contributed by atoms with van der Waals surface area (Å²) in [4.78, 5) is 12.7. The van der Waals surface area contributed by atoms with Crippen LogP contribution in [0.3, 0.4) is 0 Å². The maximum Gasteiger partial charge on any atom is 0.274 e. The van der Waals surface area contributed by atoms with Crippen LogP contribution in [0.2, 0.25) is 0 Å². The average molecular weight is 283 g/mol. The number of rotatable bonds is 5. The van der Waals surface area contributed by atoms with Gasteiger partial charge in [0.1, 0.15) is 5.82 Å². The van der Waals surface area contributed by atoms with E-state index in [2.05, 4.69) is 10.2 Å². The van der Waals surface area contributed by atoms with E-state index >= 15 is 0 Å². The zero-order valence-electron chi connectivity index (χ0n) is 11.1. The van der Waals surface area contributed by atoms with Crippen LogP contribution in [-0.2, 0) is 0 Å². The van der Waals surface area contributed by atoms with Gasteiger partial charge in [0.15, 0.2) is 0 Å². The van der Waals surface area contributed by atoms with Gasteiger partial charge in [0.05, 0.1) is 4.92 Å². The Balaban J connectivity index is 2.36. The summed E-state index contributed by atoms with van der Waals surface area (Å²) in [6, 6.07) is 3.16. The van der Waals surface area contributed by atoms with E-state index in [-0.39, 0.29) is 18.3 Å². The van der Waals surface area contributed by atoms with Crippen LogP contribution < -0.4 is 5.32 Å². The largest absolute Gasteiger partial charge is 0.396 e. The predicted octanol–water partition coefficient (Wildman–Crippen LogP) is 1.06. The summed E-state index contributed by atoms with van der Waals surface area (Å²) in [5.41, 5.74) is 0.245. The lowest BCUT2D eigenvalue weighted by Gasteiger charge is -2.34. The molecule has 0 aromatic heterocycles. The van der Waals surface area contributed by atoms with E-state index in [4.69, 9.17) is 0 Å². The number of piperazine rings is 1. The minimum Gasteiger partial charge on any atom is -0.396 e. The molecule has 1 aromatic rings. The van der Waals surface area contributed by atoms with Crippen molar-refractivity contribution in [2.75, 3.05) is 32.8 Å². The zero-order valence-corrected chi connectivity index (χ0v) is 11.1. The first-order valence-electron chi connectivity index (χ1n) is 6.63. The van der Waals surface area contributed by atoms with Crippen LogP contribution in [0.4, 0.5) is 10.1 Å². The van der Waals surface area contributed by atoms with Crippen LogP contribution in [-0.4, -0.2) is 47.7 Å². The Morgan fingerprint density at radius 2 is 2.15 bits per heavy atom. The second kappa shape index (κ2) is 6.74. The predicted molar refractivity (Wildman–Crippen MR) is 71.9 cm³/mol. The van der Waals surface area contributed by atoms with Crippen molar-refractivity contribution in [1.29, 1.82) is 0 Å². The molecule has 2 N–H and O–H groups in total. The topological polar surface area (TPSA) is 78.6 Å². The Morgan fingerprint density at radius 3 is 2.75 bits per heavy atom. The Labute approximate surface area is 116 Å². The van der Waals surface area contributed by atoms with Crippen molar-refractivity contribution < 1.29 is 14.4 Å². The summed E-state index contributed by atoms with van der Waals surface area (Å²) in [7, 11) is 0. The number of hydrogen-bond acceptors (Lipinski definition) is 5. The van der Waals surface area contributed by atoms with Gasteiger partial charge in [0, 0.05) is 50.5 Å². The average Bonchev–Trinajstić information content (AvgIpc) is 2.45. The van der Waals surface area contributed by atoms with E-state index in [0.29, 0.717) is 12.0 Å². The van der Waals surface area contributed by atoms with Crippen LogP contribution in [0.5, 0.6) is 0 Å². The van der Waals surface area contributed by atoms with Gasteiger partial charge >= 0.3 is 0 Å². The van der Waals surface area contributed by atoms with Crippen LogP contribution in [0.25, 0.3) is 0 Å². The Bertz CT molecular complexity index is 478. The number of benzene rings is 1. The fourth-order valence-electron chi connectivity index (χ4n) is 2.61. The van der Waals surface area contributed by atoms with Gasteiger partial charge in [-0.15, -0.1) is 0 Å². The van der Waals surface area contributed by atoms with Gasteiger partial charge in [-0.05, 0) is 18.6 Å². The lowest BCUT2D eigenvalue weighted by molar-refractivity contribution is -0.386. The van der Waals surface area contributed by atoms with Crippen molar-refractivity contribution in [3.8, 4) is 0 Å². The van der Waals surface area contributed by atoms with E-state index in [0.717, 1.165) is 32.2 Å². The molecule has 1 atom stereocenters. The monoisotopic (exact) mass is 283 g/mol. The molecule has 1 aliphatic rings. The summed E-state index contributed by atoms with van der Waals surface area (Å²) in [6.45, 7) is 2.91. The summed E-state index contributed by atoms with van der Waals surface area (Å²) >= 11 is 0. The maximum absolute atomic E-state index is 13.5. The van der Waals surface area contributed by atoms with Crippen molar-refractivity contribution in [1.82, 2.24) is 10.2 Å². The van der Waals surface area contributed by atoms with Crippen LogP contribution in [0.1, 0.15) is 18.0 Å². The number of aliphatic hydroxyl groups excluding tert-OH is 1. The first-order valence-corrected chi connectivity index (χ1v) is 6.63. The first-order chi connectivity index (χ1) is 9.63. The first kappa shape index (κ1) is 14.8. The molecule has 1 fully saturated rings. The Hall–Kier alpha value is -1.57. The molecular formula is C13H18FN3O3. The molecule has 20 heavy (non-hydrogen) atoms. The summed E-state index contributed by atoms with van der Waals surface area (Å²) < 4.78 is 13.5. The van der Waals surface area contributed by atoms with Crippen molar-refractivity contribution in [3.63, 3.8) is 0 Å². The highest BCUT2D eigenvalue weighted by molar-refractivity contribution is 5.42. The molecule has 0 aliphatic carbocycles. The second-order valence-electron chi connectivity index (χ2n) is 4.77. The molecule has 1 saturated heterocycles. The highest BCUT2D eigenvalue weighted by Crippen LogP contribution is 2.32. The fraction of sp³-hybridized carbons (Fsp3) is 0.538. The number of nitro benzene ring substituents is 1. The molecule has 110 valence electrons. The van der Waals surface area contributed by atoms with Crippen LogP contribution >= 0.6 is 0 Å². The summed E-state index contributed by atoms with van der Waals surface area (Å²) in [5, 5.41) is 23.5. The molecule has 7 heteroatoms. The van der Waals surface area contributed by atoms with Crippen LogP contribution in [0, 0.1) is 15.9 Å². The zero-order chi connectivity index (χ0) is 14.5. The van der Waals surface area contributed by atoms with Gasteiger partial charge in [0.2, 0.25) is 0 Å². The third kappa shape index (κ3) is 3.30. The molecule has 0 radical (unpaired) electrons. The molecule has 1 aliphatic heterocycles. The third-order valence-electron chi connectivity index (χ3n) is 3.54. The fourth-order valence-corrected chi connectivity index (χ4v) is 2.61. The van der Waals surface area contributed by atoms with Gasteiger partial charge in [0.25, 0.3) is 5.69 Å². The van der Waals surface area contributed by atoms with Crippen molar-refractivity contribution in [2.45, 2.75) is 12.5 Å². The van der Waals surface area contributed by atoms with Crippen molar-refractivity contribution in [3.05, 3.63) is 39.7 Å². The number of halogens is 1. The summed E-state index contributed by atoms with van der Waals surface area (Å²) in [5.74, 6) is -0.497. The molecule has 0 saturated carbocycles. The molecule has 1 heterocycles. The van der Waals surface area contributed by atoms with Gasteiger partial charge < -0.3 is 10.4 Å². The van der Waals surface area contributed by atoms with Gasteiger partial charge in [-0.25, -0.2) is 4.39 Å². The van der Waals surface area contributed by atoms with E-state index < -0.39 is 10.7 Å². The van der Waals surface area contributed by atoms with E-state index in [1.165, 1.54) is 12.1 Å². The van der Waals surface area contributed by atoms with E-state index in [1.54, 1.807) is 0 Å². The molecule has 0 spiro atoms. The SMILES string of the molecule is O=[N+]([O-])c1ccc(F)cc1[C@@H](CCO)N1CCNCC1. The molecule has 1 aromatic carbocycles. The molecule has 0 amide bonds. The van der Waals surface area contributed by atoms with Crippen molar-refractivity contribution >= 4 is 5.69 Å². The van der Waals surface area contributed by atoms with Gasteiger partial charge in [-0.2, -0.15) is 0 Å². The molecular weight excluding hydrogens is 265 g/mol. The number of nitrogens with one attached hydrogen (secondary N) is 1. The smallest absolute Gasteiger partial charge is 0.274 e. The quantitative estimate of drug-likeness (QED) is 0.624. The van der Waals surface area contributed by atoms with Crippen molar-refractivity contribution in [2.24, 2.45) is 0 Å². The number of nitrogens with zero attached hydrogens (tertiary/aromatic N) is 2.